The van der Waals surface area contributed by atoms with E-state index in [0.717, 1.165) is 38.5 Å². The van der Waals surface area contributed by atoms with Crippen LogP contribution >= 0.6 is 11.6 Å². The fourth-order valence-electron chi connectivity index (χ4n) is 2.10. The summed E-state index contributed by atoms with van der Waals surface area (Å²) in [6.45, 7) is 4.86. The van der Waals surface area contributed by atoms with E-state index in [-0.39, 0.29) is 18.2 Å². The van der Waals surface area contributed by atoms with Crippen molar-refractivity contribution >= 4 is 23.5 Å². The topological polar surface area (TPSA) is 66.4 Å². The number of amides is 1. The van der Waals surface area contributed by atoms with Gasteiger partial charge in [0, 0.05) is 18.8 Å². The number of hydrogen-bond acceptors (Lipinski definition) is 2. The van der Waals surface area contributed by atoms with Crippen LogP contribution in [0.1, 0.15) is 58.8 Å². The van der Waals surface area contributed by atoms with E-state index in [4.69, 9.17) is 16.7 Å². The highest BCUT2D eigenvalue weighted by atomic mass is 35.5. The lowest BCUT2D eigenvalue weighted by Gasteiger charge is -2.16. The molecule has 0 spiro atoms. The quantitative estimate of drug-likeness (QED) is 0.429. The second-order valence-corrected chi connectivity index (χ2v) is 5.99. The molecule has 2 N–H and O–H groups in total. The molecule has 4 nitrogen and oxygen atoms in total. The summed E-state index contributed by atoms with van der Waals surface area (Å²) >= 11 is 5.82. The number of nitrogens with one attached hydrogen (secondary N) is 1. The monoisotopic (exact) mass is 305 g/mol. The highest BCUT2D eigenvalue weighted by molar-refractivity contribution is 6.19. The number of carbonyl (C=O) groups is 2. The van der Waals surface area contributed by atoms with Crippen molar-refractivity contribution < 1.29 is 14.7 Å². The Morgan fingerprint density at radius 1 is 1.10 bits per heavy atom. The van der Waals surface area contributed by atoms with E-state index in [2.05, 4.69) is 19.2 Å². The number of alkyl halides is 1. The first-order chi connectivity index (χ1) is 9.47. The van der Waals surface area contributed by atoms with Gasteiger partial charge in [0.25, 0.3) is 0 Å². The molecule has 0 aliphatic carbocycles. The molecule has 0 saturated heterocycles. The van der Waals surface area contributed by atoms with Gasteiger partial charge in [-0.15, -0.1) is 11.6 Å². The van der Waals surface area contributed by atoms with Gasteiger partial charge in [-0.3, -0.25) is 9.59 Å². The average Bonchev–Trinajstić information content (AvgIpc) is 2.38. The molecule has 1 amide bonds. The van der Waals surface area contributed by atoms with Crippen LogP contribution in [0, 0.1) is 11.8 Å². The molecule has 1 unspecified atom stereocenters. The lowest BCUT2D eigenvalue weighted by atomic mass is 9.98. The van der Waals surface area contributed by atoms with Crippen molar-refractivity contribution in [1.82, 2.24) is 5.32 Å². The molecule has 0 aliphatic rings. The minimum absolute atomic E-state index is 0.0552. The molecule has 0 fully saturated rings. The molecule has 0 heterocycles. The summed E-state index contributed by atoms with van der Waals surface area (Å²) in [5.74, 6) is 0.0826. The van der Waals surface area contributed by atoms with E-state index < -0.39 is 5.97 Å². The van der Waals surface area contributed by atoms with E-state index in [1.165, 1.54) is 0 Å². The average molecular weight is 306 g/mol. The molecule has 0 aromatic heterocycles. The van der Waals surface area contributed by atoms with E-state index in [9.17, 15) is 9.59 Å². The lowest BCUT2D eigenvalue weighted by Crippen LogP contribution is -2.33. The summed E-state index contributed by atoms with van der Waals surface area (Å²) in [7, 11) is 0. The number of halogens is 1. The van der Waals surface area contributed by atoms with Crippen molar-refractivity contribution in [2.24, 2.45) is 11.8 Å². The van der Waals surface area contributed by atoms with Crippen LogP contribution in [0.2, 0.25) is 0 Å². The number of rotatable bonds is 12. The fraction of sp³-hybridized carbons (Fsp3) is 0.867. The number of unbranched alkanes of at least 4 members (excludes halogenated alkanes) is 4. The molecule has 0 radical (unpaired) electrons. The Morgan fingerprint density at radius 3 is 2.25 bits per heavy atom. The SMILES string of the molecule is CC(C)CC(CCl)C(=O)NCCCCCCCC(=O)O. The van der Waals surface area contributed by atoms with Gasteiger partial charge in [-0.2, -0.15) is 0 Å². The largest absolute Gasteiger partial charge is 0.481 e. The van der Waals surface area contributed by atoms with Crippen LogP contribution in [-0.2, 0) is 9.59 Å². The van der Waals surface area contributed by atoms with Gasteiger partial charge in [0.2, 0.25) is 5.91 Å². The maximum absolute atomic E-state index is 11.9. The molecular formula is C15H28ClNO3. The molecular weight excluding hydrogens is 278 g/mol. The second-order valence-electron chi connectivity index (χ2n) is 5.68. The second kappa shape index (κ2) is 12.0. The molecule has 1 atom stereocenters. The van der Waals surface area contributed by atoms with Gasteiger partial charge in [0.05, 0.1) is 5.92 Å². The van der Waals surface area contributed by atoms with Crippen LogP contribution in [0.4, 0.5) is 0 Å². The van der Waals surface area contributed by atoms with Crippen LogP contribution in [0.3, 0.4) is 0 Å². The first kappa shape index (κ1) is 19.2. The van der Waals surface area contributed by atoms with E-state index in [1.54, 1.807) is 0 Å². The van der Waals surface area contributed by atoms with Crippen LogP contribution in [0.5, 0.6) is 0 Å². The van der Waals surface area contributed by atoms with Gasteiger partial charge in [-0.25, -0.2) is 0 Å². The maximum Gasteiger partial charge on any atom is 0.303 e. The standard InChI is InChI=1S/C15H28ClNO3/c1-12(2)10-13(11-16)15(20)17-9-7-5-3-4-6-8-14(18)19/h12-13H,3-11H2,1-2H3,(H,17,20)(H,18,19). The van der Waals surface area contributed by atoms with Gasteiger partial charge in [-0.05, 0) is 25.2 Å². The van der Waals surface area contributed by atoms with E-state index in [1.807, 2.05) is 0 Å². The zero-order valence-corrected chi connectivity index (χ0v) is 13.4. The van der Waals surface area contributed by atoms with Gasteiger partial charge in [0.1, 0.15) is 0 Å². The van der Waals surface area contributed by atoms with Crippen molar-refractivity contribution in [2.45, 2.75) is 58.8 Å². The summed E-state index contributed by atoms with van der Waals surface area (Å²) in [6.07, 6.45) is 5.75. The number of carboxylic acids is 1. The van der Waals surface area contributed by atoms with Crippen LogP contribution in [-0.4, -0.2) is 29.4 Å². The smallest absolute Gasteiger partial charge is 0.303 e. The molecule has 20 heavy (non-hydrogen) atoms. The number of hydrogen-bond donors (Lipinski definition) is 2. The summed E-state index contributed by atoms with van der Waals surface area (Å²) in [6, 6.07) is 0. The number of carbonyl (C=O) groups excluding carboxylic acids is 1. The number of carboxylic acid groups (broad SMARTS) is 1. The third kappa shape index (κ3) is 11.1. The molecule has 118 valence electrons. The van der Waals surface area contributed by atoms with Crippen molar-refractivity contribution in [1.29, 1.82) is 0 Å². The van der Waals surface area contributed by atoms with E-state index in [0.29, 0.717) is 18.3 Å². The molecule has 0 aliphatic heterocycles. The Morgan fingerprint density at radius 2 is 1.70 bits per heavy atom. The highest BCUT2D eigenvalue weighted by Gasteiger charge is 2.17. The first-order valence-corrected chi connectivity index (χ1v) is 8.06. The van der Waals surface area contributed by atoms with Gasteiger partial charge in [-0.1, -0.05) is 33.1 Å². The lowest BCUT2D eigenvalue weighted by molar-refractivity contribution is -0.137. The van der Waals surface area contributed by atoms with Crippen molar-refractivity contribution in [3.05, 3.63) is 0 Å². The summed E-state index contributed by atoms with van der Waals surface area (Å²) < 4.78 is 0. The highest BCUT2D eigenvalue weighted by Crippen LogP contribution is 2.13. The van der Waals surface area contributed by atoms with Crippen molar-refractivity contribution in [3.63, 3.8) is 0 Å². The Bertz CT molecular complexity index is 282. The molecule has 0 bridgehead atoms. The number of aliphatic carboxylic acids is 1. The zero-order valence-electron chi connectivity index (χ0n) is 12.7. The first-order valence-electron chi connectivity index (χ1n) is 7.52. The summed E-state index contributed by atoms with van der Waals surface area (Å²) in [5, 5.41) is 11.4. The summed E-state index contributed by atoms with van der Waals surface area (Å²) in [4.78, 5) is 22.2. The molecule has 0 aromatic rings. The van der Waals surface area contributed by atoms with Crippen molar-refractivity contribution in [2.75, 3.05) is 12.4 Å². The minimum Gasteiger partial charge on any atom is -0.481 e. The Balaban J connectivity index is 3.53. The van der Waals surface area contributed by atoms with E-state index >= 15 is 0 Å². The summed E-state index contributed by atoms with van der Waals surface area (Å²) in [5.41, 5.74) is 0. The Kier molecular flexibility index (Phi) is 11.5. The molecule has 0 aromatic carbocycles. The van der Waals surface area contributed by atoms with Crippen molar-refractivity contribution in [3.8, 4) is 0 Å². The van der Waals surface area contributed by atoms with Crippen LogP contribution in [0.15, 0.2) is 0 Å². The molecule has 0 rings (SSSR count). The minimum atomic E-state index is -0.727. The van der Waals surface area contributed by atoms with Crippen LogP contribution in [0.25, 0.3) is 0 Å². The zero-order chi connectivity index (χ0) is 15.4. The van der Waals surface area contributed by atoms with Crippen LogP contribution < -0.4 is 5.32 Å². The third-order valence-corrected chi connectivity index (χ3v) is 3.55. The third-order valence-electron chi connectivity index (χ3n) is 3.18. The fourth-order valence-corrected chi connectivity index (χ4v) is 2.36. The maximum atomic E-state index is 11.9. The predicted octanol–water partition coefficient (Wildman–Crippen LogP) is 3.43. The molecule has 0 saturated carbocycles. The van der Waals surface area contributed by atoms with Gasteiger partial charge >= 0.3 is 5.97 Å². The predicted molar refractivity (Wildman–Crippen MR) is 82.0 cm³/mol. The van der Waals surface area contributed by atoms with Gasteiger partial charge in [0.15, 0.2) is 0 Å². The Labute approximate surface area is 127 Å². The molecule has 5 heteroatoms. The van der Waals surface area contributed by atoms with Gasteiger partial charge < -0.3 is 10.4 Å². The Hall–Kier alpha value is -0.770. The normalized spacial score (nSPS) is 12.4.